The van der Waals surface area contributed by atoms with E-state index < -0.39 is 0 Å². The Labute approximate surface area is 201 Å². The molecule has 1 unspecified atom stereocenters. The van der Waals surface area contributed by atoms with Crippen LogP contribution in [-0.2, 0) is 20.7 Å². The standard InChI is InChI=1S/C27H36N2O3S/c1-20-9-11-21(12-10-20)26-23-14-18-33-24(23)13-16-29(26)25(30)19-28(15-6-17-32-2)27(31)22-7-4-3-5-8-22/h9-12,14,18,22,26H,3-8,13,15-17,19H2,1-2H3. The summed E-state index contributed by atoms with van der Waals surface area (Å²) < 4.78 is 5.22. The molecule has 6 heteroatoms. The van der Waals surface area contributed by atoms with Gasteiger partial charge in [-0.15, -0.1) is 11.3 Å². The monoisotopic (exact) mass is 468 g/mol. The van der Waals surface area contributed by atoms with E-state index in [2.05, 4.69) is 42.6 Å². The van der Waals surface area contributed by atoms with Gasteiger partial charge in [-0.2, -0.15) is 0 Å². The van der Waals surface area contributed by atoms with Crippen molar-refractivity contribution in [2.24, 2.45) is 5.92 Å². The van der Waals surface area contributed by atoms with Crippen molar-refractivity contribution in [2.45, 2.75) is 57.9 Å². The minimum Gasteiger partial charge on any atom is -0.385 e. The van der Waals surface area contributed by atoms with Crippen molar-refractivity contribution in [1.29, 1.82) is 0 Å². The normalized spacial score (nSPS) is 18.7. The Hall–Kier alpha value is -2.18. The molecule has 0 saturated heterocycles. The van der Waals surface area contributed by atoms with E-state index in [1.165, 1.54) is 22.4 Å². The first-order chi connectivity index (χ1) is 16.1. The van der Waals surface area contributed by atoms with Crippen molar-refractivity contribution >= 4 is 23.2 Å². The minimum atomic E-state index is -0.0845. The van der Waals surface area contributed by atoms with E-state index >= 15 is 0 Å². The number of fused-ring (bicyclic) bond motifs is 1. The van der Waals surface area contributed by atoms with Gasteiger partial charge in [-0.05, 0) is 55.2 Å². The molecule has 0 spiro atoms. The summed E-state index contributed by atoms with van der Waals surface area (Å²) in [6.07, 6.45) is 6.95. The maximum Gasteiger partial charge on any atom is 0.242 e. The van der Waals surface area contributed by atoms with Crippen LogP contribution in [0, 0.1) is 12.8 Å². The number of aryl methyl sites for hydroxylation is 1. The molecule has 5 nitrogen and oxygen atoms in total. The van der Waals surface area contributed by atoms with Gasteiger partial charge in [0, 0.05) is 37.6 Å². The predicted octanol–water partition coefficient (Wildman–Crippen LogP) is 4.98. The number of nitrogens with zero attached hydrogens (tertiary/aromatic N) is 2. The maximum atomic E-state index is 13.7. The molecule has 1 saturated carbocycles. The highest BCUT2D eigenvalue weighted by molar-refractivity contribution is 7.10. The van der Waals surface area contributed by atoms with E-state index in [1.54, 1.807) is 18.4 Å². The van der Waals surface area contributed by atoms with Gasteiger partial charge in [0.05, 0.1) is 12.6 Å². The topological polar surface area (TPSA) is 49.9 Å². The number of hydrogen-bond acceptors (Lipinski definition) is 4. The van der Waals surface area contributed by atoms with Gasteiger partial charge >= 0.3 is 0 Å². The number of methoxy groups -OCH3 is 1. The Morgan fingerprint density at radius 2 is 1.88 bits per heavy atom. The zero-order chi connectivity index (χ0) is 23.2. The van der Waals surface area contributed by atoms with Gasteiger partial charge in [-0.1, -0.05) is 49.1 Å². The molecule has 2 amide bonds. The average molecular weight is 469 g/mol. The van der Waals surface area contributed by atoms with Gasteiger partial charge in [0.1, 0.15) is 0 Å². The molecule has 1 fully saturated rings. The van der Waals surface area contributed by atoms with E-state index in [-0.39, 0.29) is 30.3 Å². The van der Waals surface area contributed by atoms with Gasteiger partial charge in [0.25, 0.3) is 0 Å². The average Bonchev–Trinajstić information content (AvgIpc) is 3.32. The van der Waals surface area contributed by atoms with Crippen molar-refractivity contribution in [3.8, 4) is 0 Å². The van der Waals surface area contributed by atoms with Crippen molar-refractivity contribution in [2.75, 3.05) is 33.4 Å². The summed E-state index contributed by atoms with van der Waals surface area (Å²) >= 11 is 1.78. The summed E-state index contributed by atoms with van der Waals surface area (Å²) in [6, 6.07) is 10.6. The molecular formula is C27H36N2O3S. The quantitative estimate of drug-likeness (QED) is 0.514. The second-order valence-corrected chi connectivity index (χ2v) is 10.4. The zero-order valence-corrected chi connectivity index (χ0v) is 20.7. The second-order valence-electron chi connectivity index (χ2n) is 9.39. The van der Waals surface area contributed by atoms with Gasteiger partial charge in [0.2, 0.25) is 11.8 Å². The second kappa shape index (κ2) is 11.3. The van der Waals surface area contributed by atoms with Crippen LogP contribution in [0.25, 0.3) is 0 Å². The molecule has 1 aliphatic heterocycles. The number of rotatable bonds is 8. The fourth-order valence-electron chi connectivity index (χ4n) is 5.22. The number of carbonyl (C=O) groups is 2. The Bertz CT molecular complexity index is 933. The summed E-state index contributed by atoms with van der Waals surface area (Å²) in [4.78, 5) is 32.3. The van der Waals surface area contributed by atoms with Crippen LogP contribution in [0.2, 0.25) is 0 Å². The highest BCUT2D eigenvalue weighted by Gasteiger charge is 2.35. The van der Waals surface area contributed by atoms with Crippen molar-refractivity contribution in [3.05, 3.63) is 57.3 Å². The molecule has 2 aliphatic rings. The summed E-state index contributed by atoms with van der Waals surface area (Å²) in [5.74, 6) is 0.255. The molecular weight excluding hydrogens is 432 g/mol. The Morgan fingerprint density at radius 3 is 2.61 bits per heavy atom. The first kappa shape index (κ1) is 24.0. The molecule has 2 aromatic rings. The van der Waals surface area contributed by atoms with Crippen molar-refractivity contribution < 1.29 is 14.3 Å². The fraction of sp³-hybridized carbons (Fsp3) is 0.556. The van der Waals surface area contributed by atoms with Crippen molar-refractivity contribution in [3.63, 3.8) is 0 Å². The van der Waals surface area contributed by atoms with E-state index in [9.17, 15) is 9.59 Å². The molecule has 178 valence electrons. The Kier molecular flexibility index (Phi) is 8.20. The zero-order valence-electron chi connectivity index (χ0n) is 19.9. The van der Waals surface area contributed by atoms with Crippen LogP contribution in [0.3, 0.4) is 0 Å². The van der Waals surface area contributed by atoms with E-state index in [0.717, 1.165) is 44.1 Å². The largest absolute Gasteiger partial charge is 0.385 e. The van der Waals surface area contributed by atoms with E-state index in [0.29, 0.717) is 19.7 Å². The molecule has 33 heavy (non-hydrogen) atoms. The van der Waals surface area contributed by atoms with Crippen molar-refractivity contribution in [1.82, 2.24) is 9.80 Å². The number of carbonyl (C=O) groups excluding carboxylic acids is 2. The number of thiophene rings is 1. The first-order valence-electron chi connectivity index (χ1n) is 12.3. The van der Waals surface area contributed by atoms with Crippen LogP contribution in [0.4, 0.5) is 0 Å². The number of amides is 2. The number of hydrogen-bond donors (Lipinski definition) is 0. The third-order valence-corrected chi connectivity index (χ3v) is 8.04. The van der Waals surface area contributed by atoms with Gasteiger partial charge in [-0.25, -0.2) is 0 Å². The lowest BCUT2D eigenvalue weighted by atomic mass is 9.88. The molecule has 4 rings (SSSR count). The molecule has 0 N–H and O–H groups in total. The summed E-state index contributed by atoms with van der Waals surface area (Å²) in [7, 11) is 1.68. The molecule has 1 atom stereocenters. The smallest absolute Gasteiger partial charge is 0.242 e. The van der Waals surface area contributed by atoms with Crippen LogP contribution in [-0.4, -0.2) is 55.0 Å². The van der Waals surface area contributed by atoms with Crippen LogP contribution in [0.15, 0.2) is 35.7 Å². The fourth-order valence-corrected chi connectivity index (χ4v) is 6.13. The lowest BCUT2D eigenvalue weighted by molar-refractivity contribution is -0.144. The van der Waals surface area contributed by atoms with Gasteiger partial charge in [0.15, 0.2) is 0 Å². The molecule has 1 aromatic carbocycles. The third-order valence-electron chi connectivity index (χ3n) is 7.05. The minimum absolute atomic E-state index is 0.0407. The predicted molar refractivity (Wildman–Crippen MR) is 132 cm³/mol. The van der Waals surface area contributed by atoms with Gasteiger partial charge < -0.3 is 14.5 Å². The van der Waals surface area contributed by atoms with E-state index in [4.69, 9.17) is 4.74 Å². The summed E-state index contributed by atoms with van der Waals surface area (Å²) in [6.45, 7) is 4.09. The highest BCUT2D eigenvalue weighted by Crippen LogP contribution is 2.38. The molecule has 0 bridgehead atoms. The molecule has 1 aromatic heterocycles. The number of benzene rings is 1. The lowest BCUT2D eigenvalue weighted by Gasteiger charge is -2.38. The third kappa shape index (κ3) is 5.67. The first-order valence-corrected chi connectivity index (χ1v) is 13.2. The van der Waals surface area contributed by atoms with E-state index in [1.807, 2.05) is 9.80 Å². The summed E-state index contributed by atoms with van der Waals surface area (Å²) in [5, 5.41) is 2.13. The summed E-state index contributed by atoms with van der Waals surface area (Å²) in [5.41, 5.74) is 3.58. The Morgan fingerprint density at radius 1 is 1.12 bits per heavy atom. The van der Waals surface area contributed by atoms with Crippen LogP contribution in [0.5, 0.6) is 0 Å². The SMILES string of the molecule is COCCCN(CC(=O)N1CCc2sccc2C1c1ccc(C)cc1)C(=O)C1CCCCC1. The Balaban J connectivity index is 1.55. The van der Waals surface area contributed by atoms with Crippen LogP contribution in [0.1, 0.15) is 66.1 Å². The molecule has 2 heterocycles. The number of ether oxygens (including phenoxy) is 1. The molecule has 1 aliphatic carbocycles. The lowest BCUT2D eigenvalue weighted by Crippen LogP contribution is -2.48. The maximum absolute atomic E-state index is 13.7. The van der Waals surface area contributed by atoms with Crippen LogP contribution < -0.4 is 0 Å². The molecule has 0 radical (unpaired) electrons. The van der Waals surface area contributed by atoms with Crippen LogP contribution >= 0.6 is 11.3 Å². The highest BCUT2D eigenvalue weighted by atomic mass is 32.1. The van der Waals surface area contributed by atoms with Gasteiger partial charge in [-0.3, -0.25) is 9.59 Å².